The molecular formula is C17H15BrFNO2S. The fourth-order valence-corrected chi connectivity index (χ4v) is 4.65. The van der Waals surface area contributed by atoms with Gasteiger partial charge in [-0.1, -0.05) is 0 Å². The van der Waals surface area contributed by atoms with Crippen molar-refractivity contribution in [3.8, 4) is 11.5 Å². The second-order valence-corrected chi connectivity index (χ2v) is 7.56. The smallest absolute Gasteiger partial charge is 0.231 e. The number of hydrogen-bond donors (Lipinski definition) is 1. The highest BCUT2D eigenvalue weighted by atomic mass is 79.9. The number of ether oxygens (including phenoxy) is 2. The largest absolute Gasteiger partial charge is 0.454 e. The van der Waals surface area contributed by atoms with Gasteiger partial charge < -0.3 is 14.8 Å². The van der Waals surface area contributed by atoms with E-state index < -0.39 is 0 Å². The first-order valence-corrected chi connectivity index (χ1v) is 9.22. The van der Waals surface area contributed by atoms with Crippen LogP contribution in [0.15, 0.2) is 39.7 Å². The Kier molecular flexibility index (Phi) is 4.22. The predicted octanol–water partition coefficient (Wildman–Crippen LogP) is 4.64. The number of hydrogen-bond acceptors (Lipinski definition) is 4. The molecule has 0 aliphatic carbocycles. The van der Waals surface area contributed by atoms with Crippen molar-refractivity contribution in [3.05, 3.63) is 51.7 Å². The van der Waals surface area contributed by atoms with E-state index in [0.717, 1.165) is 39.3 Å². The first-order valence-electron chi connectivity index (χ1n) is 7.44. The van der Waals surface area contributed by atoms with E-state index >= 15 is 0 Å². The number of nitrogens with one attached hydrogen (secondary N) is 1. The van der Waals surface area contributed by atoms with Crippen LogP contribution >= 0.6 is 27.7 Å². The van der Waals surface area contributed by atoms with Crippen LogP contribution in [0, 0.1) is 5.82 Å². The lowest BCUT2D eigenvalue weighted by Crippen LogP contribution is -2.24. The molecule has 4 rings (SSSR count). The number of thioether (sulfide) groups is 1. The summed E-state index contributed by atoms with van der Waals surface area (Å²) >= 11 is 5.30. The Morgan fingerprint density at radius 1 is 1.26 bits per heavy atom. The third-order valence-electron chi connectivity index (χ3n) is 4.05. The van der Waals surface area contributed by atoms with Gasteiger partial charge >= 0.3 is 0 Å². The third-order valence-corrected chi connectivity index (χ3v) is 5.76. The van der Waals surface area contributed by atoms with Crippen LogP contribution in [-0.2, 0) is 6.54 Å². The molecule has 0 saturated carbocycles. The summed E-state index contributed by atoms with van der Waals surface area (Å²) in [7, 11) is 0. The highest BCUT2D eigenvalue weighted by Gasteiger charge is 2.22. The zero-order valence-electron chi connectivity index (χ0n) is 12.3. The molecule has 1 N–H and O–H groups in total. The molecule has 2 heterocycles. The second kappa shape index (κ2) is 6.34. The van der Waals surface area contributed by atoms with E-state index in [1.54, 1.807) is 17.8 Å². The van der Waals surface area contributed by atoms with Crippen molar-refractivity contribution in [3.63, 3.8) is 0 Å². The van der Waals surface area contributed by atoms with Crippen LogP contribution in [0.1, 0.15) is 23.6 Å². The average molecular weight is 396 g/mol. The Bertz CT molecular complexity index is 756. The fourth-order valence-electron chi connectivity index (χ4n) is 2.94. The van der Waals surface area contributed by atoms with Gasteiger partial charge in [-0.2, -0.15) is 0 Å². The maximum Gasteiger partial charge on any atom is 0.231 e. The summed E-state index contributed by atoms with van der Waals surface area (Å²) in [5, 5.41) is 3.54. The molecule has 0 saturated heterocycles. The molecular weight excluding hydrogens is 381 g/mol. The SMILES string of the molecule is Fc1ccc2c(c1)C(NCc1cc(Br)c3c(c1)OCO3)CCS2. The van der Waals surface area contributed by atoms with Gasteiger partial charge in [-0.05, 0) is 69.6 Å². The number of fused-ring (bicyclic) bond motifs is 2. The topological polar surface area (TPSA) is 30.5 Å². The normalized spacial score (nSPS) is 18.8. The van der Waals surface area contributed by atoms with Crippen molar-refractivity contribution in [1.29, 1.82) is 0 Å². The van der Waals surface area contributed by atoms with Gasteiger partial charge in [-0.25, -0.2) is 4.39 Å². The lowest BCUT2D eigenvalue weighted by Gasteiger charge is -2.26. The lowest BCUT2D eigenvalue weighted by atomic mass is 10.0. The van der Waals surface area contributed by atoms with Crippen LogP contribution in [0.4, 0.5) is 4.39 Å². The average Bonchev–Trinajstić information content (AvgIpc) is 3.02. The minimum Gasteiger partial charge on any atom is -0.454 e. The third kappa shape index (κ3) is 3.07. The van der Waals surface area contributed by atoms with Crippen molar-refractivity contribution in [2.75, 3.05) is 12.5 Å². The van der Waals surface area contributed by atoms with Gasteiger partial charge in [0.15, 0.2) is 11.5 Å². The zero-order chi connectivity index (χ0) is 15.8. The van der Waals surface area contributed by atoms with Crippen LogP contribution in [0.5, 0.6) is 11.5 Å². The van der Waals surface area contributed by atoms with Gasteiger partial charge in [0.25, 0.3) is 0 Å². The van der Waals surface area contributed by atoms with Gasteiger partial charge in [0, 0.05) is 17.5 Å². The molecule has 2 aliphatic heterocycles. The minimum atomic E-state index is -0.177. The van der Waals surface area contributed by atoms with Gasteiger partial charge in [-0.15, -0.1) is 11.8 Å². The molecule has 1 atom stereocenters. The van der Waals surface area contributed by atoms with E-state index in [2.05, 4.69) is 21.2 Å². The Morgan fingerprint density at radius 3 is 3.09 bits per heavy atom. The van der Waals surface area contributed by atoms with E-state index in [9.17, 15) is 4.39 Å². The number of benzene rings is 2. The predicted molar refractivity (Wildman–Crippen MR) is 91.6 cm³/mol. The highest BCUT2D eigenvalue weighted by Crippen LogP contribution is 2.40. The molecule has 3 nitrogen and oxygen atoms in total. The van der Waals surface area contributed by atoms with E-state index in [0.29, 0.717) is 6.54 Å². The quantitative estimate of drug-likeness (QED) is 0.819. The summed E-state index contributed by atoms with van der Waals surface area (Å²) in [6, 6.07) is 9.25. The van der Waals surface area contributed by atoms with Gasteiger partial charge in [-0.3, -0.25) is 0 Å². The second-order valence-electron chi connectivity index (χ2n) is 5.56. The van der Waals surface area contributed by atoms with E-state index in [4.69, 9.17) is 9.47 Å². The molecule has 0 bridgehead atoms. The van der Waals surface area contributed by atoms with Crippen LogP contribution in [-0.4, -0.2) is 12.5 Å². The molecule has 0 amide bonds. The van der Waals surface area contributed by atoms with E-state index in [1.807, 2.05) is 18.2 Å². The maximum atomic E-state index is 13.6. The number of halogens is 2. The van der Waals surface area contributed by atoms with Crippen LogP contribution < -0.4 is 14.8 Å². The van der Waals surface area contributed by atoms with Crippen LogP contribution in [0.2, 0.25) is 0 Å². The summed E-state index contributed by atoms with van der Waals surface area (Å²) in [4.78, 5) is 1.17. The molecule has 0 spiro atoms. The Balaban J connectivity index is 1.52. The van der Waals surface area contributed by atoms with Gasteiger partial charge in [0.1, 0.15) is 5.82 Å². The maximum absolute atomic E-state index is 13.6. The van der Waals surface area contributed by atoms with Crippen LogP contribution in [0.25, 0.3) is 0 Å². The monoisotopic (exact) mass is 395 g/mol. The van der Waals surface area contributed by atoms with Crippen molar-refractivity contribution >= 4 is 27.7 Å². The summed E-state index contributed by atoms with van der Waals surface area (Å²) in [6.07, 6.45) is 0.993. The molecule has 0 radical (unpaired) electrons. The van der Waals surface area contributed by atoms with Crippen molar-refractivity contribution < 1.29 is 13.9 Å². The Morgan fingerprint density at radius 2 is 2.17 bits per heavy atom. The van der Waals surface area contributed by atoms with Crippen molar-refractivity contribution in [2.45, 2.75) is 23.9 Å². The molecule has 120 valence electrons. The lowest BCUT2D eigenvalue weighted by molar-refractivity contribution is 0.173. The van der Waals surface area contributed by atoms with Crippen molar-refractivity contribution in [2.24, 2.45) is 0 Å². The standard InChI is InChI=1S/C17H15BrFNO2S/c18-13-5-10(6-15-17(13)22-9-21-15)8-20-14-3-4-23-16-2-1-11(19)7-12(14)16/h1-2,5-7,14,20H,3-4,8-9H2. The van der Waals surface area contributed by atoms with Crippen LogP contribution in [0.3, 0.4) is 0 Å². The first kappa shape index (κ1) is 15.3. The Hall–Kier alpha value is -1.24. The molecule has 23 heavy (non-hydrogen) atoms. The van der Waals surface area contributed by atoms with Gasteiger partial charge in [0.05, 0.1) is 4.47 Å². The highest BCUT2D eigenvalue weighted by molar-refractivity contribution is 9.10. The summed E-state index contributed by atoms with van der Waals surface area (Å²) in [5.74, 6) is 2.39. The molecule has 0 fully saturated rings. The summed E-state index contributed by atoms with van der Waals surface area (Å²) < 4.78 is 25.3. The minimum absolute atomic E-state index is 0.172. The zero-order valence-corrected chi connectivity index (χ0v) is 14.7. The molecule has 6 heteroatoms. The van der Waals surface area contributed by atoms with Gasteiger partial charge in [0.2, 0.25) is 6.79 Å². The van der Waals surface area contributed by atoms with E-state index in [1.165, 1.54) is 11.0 Å². The fraction of sp³-hybridized carbons (Fsp3) is 0.294. The number of rotatable bonds is 3. The molecule has 2 aliphatic rings. The molecule has 2 aromatic carbocycles. The molecule has 2 aromatic rings. The summed E-state index contributed by atoms with van der Waals surface area (Å²) in [6.45, 7) is 0.956. The molecule has 1 unspecified atom stereocenters. The Labute approximate surface area is 146 Å². The van der Waals surface area contributed by atoms with Crippen molar-refractivity contribution in [1.82, 2.24) is 5.32 Å². The summed E-state index contributed by atoms with van der Waals surface area (Å²) in [5.41, 5.74) is 2.17. The van der Waals surface area contributed by atoms with E-state index in [-0.39, 0.29) is 18.7 Å². The molecule has 0 aromatic heterocycles. The first-order chi connectivity index (χ1) is 11.2.